The molecule has 0 aromatic carbocycles. The normalized spacial score (nSPS) is 17.6. The molecule has 0 saturated heterocycles. The topological polar surface area (TPSA) is 53.1 Å². The van der Waals surface area contributed by atoms with E-state index in [4.69, 9.17) is 5.11 Å². The molecule has 1 aromatic heterocycles. The molecule has 0 radical (unpaired) electrons. The molecule has 2 rings (SSSR count). The molecule has 19 heavy (non-hydrogen) atoms. The standard InChI is InChI=1S/C12H14F3NO2S/c13-12(14,15)8-6-9(16-10(8)11(17)18)19-7-4-2-1-3-5-7/h6-7,16H,1-5H2,(H,17,18). The van der Waals surface area contributed by atoms with Gasteiger partial charge in [0.1, 0.15) is 5.69 Å². The molecule has 7 heteroatoms. The third-order valence-electron chi connectivity index (χ3n) is 3.16. The van der Waals surface area contributed by atoms with Crippen LogP contribution in [0, 0.1) is 0 Å². The van der Waals surface area contributed by atoms with Gasteiger partial charge in [0.2, 0.25) is 0 Å². The highest BCUT2D eigenvalue weighted by Gasteiger charge is 2.37. The van der Waals surface area contributed by atoms with Crippen molar-refractivity contribution in [2.45, 2.75) is 48.6 Å². The molecule has 0 spiro atoms. The second-order valence-electron chi connectivity index (χ2n) is 4.60. The quantitative estimate of drug-likeness (QED) is 0.880. The summed E-state index contributed by atoms with van der Waals surface area (Å²) in [5.41, 5.74) is -1.87. The van der Waals surface area contributed by atoms with Crippen molar-refractivity contribution in [3.05, 3.63) is 17.3 Å². The first kappa shape index (κ1) is 14.3. The van der Waals surface area contributed by atoms with Crippen LogP contribution in [-0.2, 0) is 6.18 Å². The maximum atomic E-state index is 12.7. The summed E-state index contributed by atoms with van der Waals surface area (Å²) in [6.45, 7) is 0. The number of H-pyrrole nitrogens is 1. The van der Waals surface area contributed by atoms with E-state index in [1.807, 2.05) is 0 Å². The fraction of sp³-hybridized carbons (Fsp3) is 0.583. The molecule has 1 saturated carbocycles. The number of aromatic carboxylic acids is 1. The van der Waals surface area contributed by atoms with Crippen LogP contribution in [0.4, 0.5) is 13.2 Å². The van der Waals surface area contributed by atoms with E-state index in [1.54, 1.807) is 0 Å². The zero-order valence-electron chi connectivity index (χ0n) is 10.1. The number of alkyl halides is 3. The maximum absolute atomic E-state index is 12.7. The lowest BCUT2D eigenvalue weighted by molar-refractivity contribution is -0.138. The van der Waals surface area contributed by atoms with Crippen LogP contribution >= 0.6 is 11.8 Å². The van der Waals surface area contributed by atoms with Gasteiger partial charge >= 0.3 is 12.1 Å². The molecule has 0 amide bonds. The Morgan fingerprint density at radius 1 is 1.32 bits per heavy atom. The zero-order valence-corrected chi connectivity index (χ0v) is 10.9. The van der Waals surface area contributed by atoms with E-state index in [0.29, 0.717) is 0 Å². The van der Waals surface area contributed by atoms with Crippen LogP contribution in [0.2, 0.25) is 0 Å². The van der Waals surface area contributed by atoms with Gasteiger partial charge in [-0.1, -0.05) is 19.3 Å². The van der Waals surface area contributed by atoms with E-state index < -0.39 is 23.4 Å². The Bertz CT molecular complexity index is 464. The maximum Gasteiger partial charge on any atom is 0.418 e. The molecule has 1 aliphatic carbocycles. The number of aromatic nitrogens is 1. The summed E-state index contributed by atoms with van der Waals surface area (Å²) in [5, 5.41) is 9.37. The van der Waals surface area contributed by atoms with Crippen molar-refractivity contribution in [2.75, 3.05) is 0 Å². The van der Waals surface area contributed by atoms with Gasteiger partial charge in [-0.2, -0.15) is 13.2 Å². The van der Waals surface area contributed by atoms with E-state index in [2.05, 4.69) is 4.98 Å². The first-order valence-corrected chi connectivity index (χ1v) is 6.96. The fourth-order valence-corrected chi connectivity index (χ4v) is 3.52. The van der Waals surface area contributed by atoms with E-state index in [1.165, 1.54) is 11.8 Å². The van der Waals surface area contributed by atoms with Crippen molar-refractivity contribution in [1.82, 2.24) is 4.98 Å². The predicted octanol–water partition coefficient (Wildman–Crippen LogP) is 4.16. The summed E-state index contributed by atoms with van der Waals surface area (Å²) in [4.78, 5) is 13.2. The number of carboxylic acids is 1. The van der Waals surface area contributed by atoms with Crippen molar-refractivity contribution in [1.29, 1.82) is 0 Å². The molecule has 106 valence electrons. The molecule has 0 atom stereocenters. The van der Waals surface area contributed by atoms with Crippen molar-refractivity contribution in [3.8, 4) is 0 Å². The Morgan fingerprint density at radius 3 is 2.42 bits per heavy atom. The molecule has 1 heterocycles. The first-order chi connectivity index (χ1) is 8.88. The fourth-order valence-electron chi connectivity index (χ4n) is 2.25. The van der Waals surface area contributed by atoms with Gasteiger partial charge in [-0.25, -0.2) is 4.79 Å². The summed E-state index contributed by atoms with van der Waals surface area (Å²) in [6, 6.07) is 0.905. The highest BCUT2D eigenvalue weighted by Crippen LogP contribution is 2.38. The Morgan fingerprint density at radius 2 is 1.95 bits per heavy atom. The Hall–Kier alpha value is -1.11. The van der Waals surface area contributed by atoms with Gasteiger partial charge in [0.05, 0.1) is 10.6 Å². The van der Waals surface area contributed by atoms with E-state index in [0.717, 1.165) is 38.2 Å². The lowest BCUT2D eigenvalue weighted by Crippen LogP contribution is -2.10. The molecule has 1 fully saturated rings. The van der Waals surface area contributed by atoms with Crippen LogP contribution in [0.25, 0.3) is 0 Å². The average molecular weight is 293 g/mol. The van der Waals surface area contributed by atoms with Gasteiger partial charge in [0.15, 0.2) is 0 Å². The molecular formula is C12H14F3NO2S. The number of carbonyl (C=O) groups is 1. The SMILES string of the molecule is O=C(O)c1[nH]c(SC2CCCCC2)cc1C(F)(F)F. The number of thioether (sulfide) groups is 1. The Labute approximate surface area is 112 Å². The van der Waals surface area contributed by atoms with Crippen molar-refractivity contribution >= 4 is 17.7 Å². The van der Waals surface area contributed by atoms with Crippen molar-refractivity contribution in [2.24, 2.45) is 0 Å². The van der Waals surface area contributed by atoms with Gasteiger partial charge < -0.3 is 10.1 Å². The molecule has 2 N–H and O–H groups in total. The minimum absolute atomic E-state index is 0.273. The number of hydrogen-bond donors (Lipinski definition) is 2. The second kappa shape index (κ2) is 5.48. The second-order valence-corrected chi connectivity index (χ2v) is 5.95. The van der Waals surface area contributed by atoms with E-state index in [9.17, 15) is 18.0 Å². The van der Waals surface area contributed by atoms with Crippen molar-refractivity contribution < 1.29 is 23.1 Å². The van der Waals surface area contributed by atoms with Gasteiger partial charge in [0, 0.05) is 5.25 Å². The van der Waals surface area contributed by atoms with Crippen LogP contribution in [0.3, 0.4) is 0 Å². The largest absolute Gasteiger partial charge is 0.477 e. The minimum atomic E-state index is -4.64. The van der Waals surface area contributed by atoms with Crippen LogP contribution < -0.4 is 0 Å². The summed E-state index contributed by atoms with van der Waals surface area (Å²) in [6.07, 6.45) is 0.610. The molecular weight excluding hydrogens is 279 g/mol. The van der Waals surface area contributed by atoms with E-state index >= 15 is 0 Å². The molecule has 0 aliphatic heterocycles. The Balaban J connectivity index is 2.20. The third kappa shape index (κ3) is 3.46. The Kier molecular flexibility index (Phi) is 4.13. The molecule has 0 unspecified atom stereocenters. The van der Waals surface area contributed by atoms with Gasteiger partial charge in [-0.15, -0.1) is 11.8 Å². The van der Waals surface area contributed by atoms with Crippen LogP contribution in [-0.4, -0.2) is 21.3 Å². The third-order valence-corrected chi connectivity index (χ3v) is 4.44. The van der Waals surface area contributed by atoms with Crippen LogP contribution in [0.15, 0.2) is 11.1 Å². The summed E-state index contributed by atoms with van der Waals surface area (Å²) in [5.74, 6) is -1.58. The van der Waals surface area contributed by atoms with E-state index in [-0.39, 0.29) is 10.3 Å². The summed E-state index contributed by atoms with van der Waals surface area (Å²) in [7, 11) is 0. The number of aromatic amines is 1. The van der Waals surface area contributed by atoms with Gasteiger partial charge in [0.25, 0.3) is 0 Å². The average Bonchev–Trinajstić information content (AvgIpc) is 2.74. The number of hydrogen-bond acceptors (Lipinski definition) is 2. The van der Waals surface area contributed by atoms with Crippen LogP contribution in [0.1, 0.15) is 48.2 Å². The zero-order chi connectivity index (χ0) is 14.0. The highest BCUT2D eigenvalue weighted by atomic mass is 32.2. The predicted molar refractivity (Wildman–Crippen MR) is 65.5 cm³/mol. The summed E-state index contributed by atoms with van der Waals surface area (Å²) < 4.78 is 38.1. The molecule has 0 bridgehead atoms. The smallest absolute Gasteiger partial charge is 0.418 e. The lowest BCUT2D eigenvalue weighted by Gasteiger charge is -2.20. The number of nitrogens with one attached hydrogen (secondary N) is 1. The molecule has 1 aliphatic rings. The number of halogens is 3. The van der Waals surface area contributed by atoms with Crippen molar-refractivity contribution in [3.63, 3.8) is 0 Å². The monoisotopic (exact) mass is 293 g/mol. The lowest BCUT2D eigenvalue weighted by atomic mass is 10.0. The van der Waals surface area contributed by atoms with Gasteiger partial charge in [-0.05, 0) is 18.9 Å². The van der Waals surface area contributed by atoms with Crippen LogP contribution in [0.5, 0.6) is 0 Å². The first-order valence-electron chi connectivity index (χ1n) is 6.08. The number of rotatable bonds is 3. The minimum Gasteiger partial charge on any atom is -0.477 e. The highest BCUT2D eigenvalue weighted by molar-refractivity contribution is 7.99. The molecule has 3 nitrogen and oxygen atoms in total. The summed E-state index contributed by atoms with van der Waals surface area (Å²) >= 11 is 1.31. The number of carboxylic acid groups (broad SMARTS) is 1. The van der Waals surface area contributed by atoms with Gasteiger partial charge in [-0.3, -0.25) is 0 Å². The molecule has 1 aromatic rings.